The molecule has 0 radical (unpaired) electrons. The van der Waals surface area contributed by atoms with E-state index in [1.165, 1.54) is 5.69 Å². The van der Waals surface area contributed by atoms with Gasteiger partial charge < -0.3 is 15.3 Å². The summed E-state index contributed by atoms with van der Waals surface area (Å²) in [4.78, 5) is 15.6. The number of H-pyrrole nitrogens is 2. The third-order valence-corrected chi connectivity index (χ3v) is 3.43. The Morgan fingerprint density at radius 2 is 2.05 bits per heavy atom. The molecule has 0 fully saturated rings. The zero-order valence-corrected chi connectivity index (χ0v) is 11.8. The van der Waals surface area contributed by atoms with Gasteiger partial charge in [0.15, 0.2) is 0 Å². The molecule has 1 aromatic carbocycles. The number of hydrogen-bond acceptors (Lipinski definition) is 3. The molecule has 0 saturated carbocycles. The topological polar surface area (TPSA) is 69.4 Å². The van der Waals surface area contributed by atoms with Gasteiger partial charge in [-0.3, -0.25) is 0 Å². The van der Waals surface area contributed by atoms with Gasteiger partial charge in [-0.2, -0.15) is 0 Å². The Balaban J connectivity index is 0.000000581. The molecule has 5 nitrogen and oxygen atoms in total. The fraction of sp³-hybridized carbons (Fsp3) is 0.333. The lowest BCUT2D eigenvalue weighted by Gasteiger charge is -2.20. The van der Waals surface area contributed by atoms with E-state index >= 15 is 0 Å². The smallest absolute Gasteiger partial charge is 0.130 e. The van der Waals surface area contributed by atoms with Crippen molar-refractivity contribution in [1.29, 1.82) is 0 Å². The molecule has 1 atom stereocenters. The molecule has 0 saturated heterocycles. The molecule has 4 rings (SSSR count). The van der Waals surface area contributed by atoms with Gasteiger partial charge in [-0.15, -0.1) is 0 Å². The third-order valence-electron chi connectivity index (χ3n) is 3.43. The minimum atomic E-state index is 0.0624. The fourth-order valence-electron chi connectivity index (χ4n) is 2.55. The monoisotopic (exact) mass is 269 g/mol. The predicted octanol–water partition coefficient (Wildman–Crippen LogP) is 2.55. The van der Waals surface area contributed by atoms with E-state index in [0.29, 0.717) is 0 Å². The molecule has 3 N–H and O–H groups in total. The number of para-hydroxylation sites is 2. The van der Waals surface area contributed by atoms with Crippen molar-refractivity contribution >= 4 is 11.0 Å². The maximum Gasteiger partial charge on any atom is 0.130 e. The van der Waals surface area contributed by atoms with Crippen LogP contribution < -0.4 is 5.32 Å². The molecule has 1 aliphatic rings. The van der Waals surface area contributed by atoms with Crippen molar-refractivity contribution in [1.82, 2.24) is 25.3 Å². The maximum absolute atomic E-state index is 4.64. The Morgan fingerprint density at radius 3 is 2.90 bits per heavy atom. The van der Waals surface area contributed by atoms with E-state index in [1.54, 1.807) is 6.33 Å². The molecular formula is C15H19N5. The first-order valence-electron chi connectivity index (χ1n) is 7.12. The summed E-state index contributed by atoms with van der Waals surface area (Å²) in [7, 11) is 0. The molecule has 2 aromatic heterocycles. The molecule has 104 valence electrons. The van der Waals surface area contributed by atoms with E-state index in [4.69, 9.17) is 0 Å². The molecular weight excluding hydrogens is 250 g/mol. The molecule has 0 bridgehead atoms. The third kappa shape index (κ3) is 2.10. The summed E-state index contributed by atoms with van der Waals surface area (Å²) < 4.78 is 0. The van der Waals surface area contributed by atoms with Gasteiger partial charge in [-0.05, 0) is 12.1 Å². The first kappa shape index (κ1) is 12.9. The van der Waals surface area contributed by atoms with E-state index in [-0.39, 0.29) is 6.04 Å². The van der Waals surface area contributed by atoms with Crippen LogP contribution in [0, 0.1) is 0 Å². The lowest BCUT2D eigenvalue weighted by molar-refractivity contribution is 0.535. The van der Waals surface area contributed by atoms with Crippen LogP contribution in [0.4, 0.5) is 0 Å². The van der Waals surface area contributed by atoms with Crippen molar-refractivity contribution in [3.63, 3.8) is 0 Å². The van der Waals surface area contributed by atoms with Crippen LogP contribution in [0.3, 0.4) is 0 Å². The average molecular weight is 269 g/mol. The van der Waals surface area contributed by atoms with Crippen LogP contribution in [0.5, 0.6) is 0 Å². The Morgan fingerprint density at radius 1 is 1.20 bits per heavy atom. The van der Waals surface area contributed by atoms with E-state index < -0.39 is 0 Å². The zero-order valence-electron chi connectivity index (χ0n) is 11.8. The first-order valence-corrected chi connectivity index (χ1v) is 7.12. The van der Waals surface area contributed by atoms with E-state index in [2.05, 4.69) is 25.3 Å². The van der Waals surface area contributed by atoms with Crippen LogP contribution in [0.25, 0.3) is 11.0 Å². The van der Waals surface area contributed by atoms with Crippen molar-refractivity contribution in [2.24, 2.45) is 0 Å². The summed E-state index contributed by atoms with van der Waals surface area (Å²) >= 11 is 0. The number of fused-ring (bicyclic) bond motifs is 2. The van der Waals surface area contributed by atoms with E-state index in [0.717, 1.165) is 35.5 Å². The van der Waals surface area contributed by atoms with Gasteiger partial charge in [-0.1, -0.05) is 26.0 Å². The normalized spacial score (nSPS) is 17.4. The lowest BCUT2D eigenvalue weighted by Crippen LogP contribution is -2.31. The van der Waals surface area contributed by atoms with Crippen molar-refractivity contribution in [2.75, 3.05) is 6.54 Å². The number of nitrogens with zero attached hydrogens (tertiary/aromatic N) is 2. The fourth-order valence-corrected chi connectivity index (χ4v) is 2.55. The number of aromatic nitrogens is 4. The van der Waals surface area contributed by atoms with Gasteiger partial charge >= 0.3 is 0 Å². The second-order valence-corrected chi connectivity index (χ2v) is 4.54. The van der Waals surface area contributed by atoms with Gasteiger partial charge in [0.1, 0.15) is 11.9 Å². The lowest BCUT2D eigenvalue weighted by atomic mass is 10.1. The summed E-state index contributed by atoms with van der Waals surface area (Å²) in [5, 5.41) is 3.46. The SMILES string of the molecule is CC.c1ccc2[nH]c(C3NCCc4[nH]cnc43)nc2c1. The molecule has 3 heterocycles. The van der Waals surface area contributed by atoms with Gasteiger partial charge in [-0.25, -0.2) is 9.97 Å². The van der Waals surface area contributed by atoms with Crippen LogP contribution in [0.2, 0.25) is 0 Å². The number of benzene rings is 1. The van der Waals surface area contributed by atoms with Crippen LogP contribution in [-0.4, -0.2) is 26.5 Å². The summed E-state index contributed by atoms with van der Waals surface area (Å²) in [6.45, 7) is 4.94. The Kier molecular flexibility index (Phi) is 3.52. The van der Waals surface area contributed by atoms with Crippen LogP contribution in [-0.2, 0) is 6.42 Å². The molecule has 0 spiro atoms. The van der Waals surface area contributed by atoms with Gasteiger partial charge in [0, 0.05) is 18.7 Å². The molecule has 1 unspecified atom stereocenters. The second-order valence-electron chi connectivity index (χ2n) is 4.54. The summed E-state index contributed by atoms with van der Waals surface area (Å²) in [6, 6.07) is 8.14. The highest BCUT2D eigenvalue weighted by Gasteiger charge is 2.26. The standard InChI is InChI=1S/C13H13N5.C2H6/c1-2-4-9-8(3-1)17-13(18-9)12-11-10(5-6-14-12)15-7-16-11;1-2/h1-4,7,12,14H,5-6H2,(H,15,16)(H,17,18);1-2H3. The van der Waals surface area contributed by atoms with Crippen LogP contribution in [0.15, 0.2) is 30.6 Å². The van der Waals surface area contributed by atoms with Crippen molar-refractivity contribution < 1.29 is 0 Å². The number of nitrogens with one attached hydrogen (secondary N) is 3. The molecule has 20 heavy (non-hydrogen) atoms. The highest BCUT2D eigenvalue weighted by molar-refractivity contribution is 5.74. The van der Waals surface area contributed by atoms with Crippen molar-refractivity contribution in [3.8, 4) is 0 Å². The number of rotatable bonds is 1. The molecule has 3 aromatic rings. The zero-order chi connectivity index (χ0) is 13.9. The highest BCUT2D eigenvalue weighted by atomic mass is 15.1. The summed E-state index contributed by atoms with van der Waals surface area (Å²) in [5.74, 6) is 0.934. The van der Waals surface area contributed by atoms with Gasteiger partial charge in [0.2, 0.25) is 0 Å². The Hall–Kier alpha value is -2.14. The average Bonchev–Trinajstić information content (AvgIpc) is 3.15. The number of aromatic amines is 2. The van der Waals surface area contributed by atoms with Gasteiger partial charge in [0.25, 0.3) is 0 Å². The quantitative estimate of drug-likeness (QED) is 0.636. The van der Waals surface area contributed by atoms with Crippen molar-refractivity contribution in [2.45, 2.75) is 26.3 Å². The minimum Gasteiger partial charge on any atom is -0.348 e. The molecule has 0 amide bonds. The van der Waals surface area contributed by atoms with E-state index in [1.807, 2.05) is 38.1 Å². The highest BCUT2D eigenvalue weighted by Crippen LogP contribution is 2.25. The summed E-state index contributed by atoms with van der Waals surface area (Å²) in [6.07, 6.45) is 2.75. The van der Waals surface area contributed by atoms with Crippen molar-refractivity contribution in [3.05, 3.63) is 47.8 Å². The van der Waals surface area contributed by atoms with Crippen LogP contribution >= 0.6 is 0 Å². The Labute approximate surface area is 117 Å². The molecule has 0 aliphatic carbocycles. The van der Waals surface area contributed by atoms with E-state index in [9.17, 15) is 0 Å². The summed E-state index contributed by atoms with van der Waals surface area (Å²) in [5.41, 5.74) is 4.33. The van der Waals surface area contributed by atoms with Gasteiger partial charge in [0.05, 0.1) is 23.1 Å². The molecule has 1 aliphatic heterocycles. The second kappa shape index (κ2) is 5.46. The molecule has 5 heteroatoms. The number of imidazole rings is 2. The predicted molar refractivity (Wildman–Crippen MR) is 79.6 cm³/mol. The first-order chi connectivity index (χ1) is 9.92. The maximum atomic E-state index is 4.64. The number of hydrogen-bond donors (Lipinski definition) is 3. The Bertz CT molecular complexity index is 664. The minimum absolute atomic E-state index is 0.0624. The van der Waals surface area contributed by atoms with Crippen LogP contribution in [0.1, 0.15) is 37.1 Å². The largest absolute Gasteiger partial charge is 0.348 e.